The van der Waals surface area contributed by atoms with Crippen LogP contribution in [0.15, 0.2) is 83.7 Å². The predicted octanol–water partition coefficient (Wildman–Crippen LogP) is 5.98. The van der Waals surface area contributed by atoms with Crippen molar-refractivity contribution in [3.8, 4) is 17.1 Å². The number of furan rings is 1. The van der Waals surface area contributed by atoms with Gasteiger partial charge in [0.15, 0.2) is 0 Å². The third kappa shape index (κ3) is 4.85. The first-order valence-corrected chi connectivity index (χ1v) is 11.1. The van der Waals surface area contributed by atoms with Crippen LogP contribution in [0.3, 0.4) is 0 Å². The van der Waals surface area contributed by atoms with Crippen molar-refractivity contribution in [2.75, 3.05) is 12.4 Å². The quantitative estimate of drug-likeness (QED) is 0.288. The minimum atomic E-state index is 0.343. The second-order valence-electron chi connectivity index (χ2n) is 7.63. The van der Waals surface area contributed by atoms with E-state index >= 15 is 0 Å². The third-order valence-corrected chi connectivity index (χ3v) is 5.52. The molecule has 170 valence electrons. The zero-order valence-electron chi connectivity index (χ0n) is 18.5. The van der Waals surface area contributed by atoms with Crippen molar-refractivity contribution in [1.82, 2.24) is 20.3 Å². The highest BCUT2D eigenvalue weighted by Gasteiger charge is 2.11. The molecule has 2 N–H and O–H groups in total. The van der Waals surface area contributed by atoms with Crippen LogP contribution in [0.5, 0.6) is 5.75 Å². The molecule has 0 aliphatic heterocycles. The van der Waals surface area contributed by atoms with Crippen molar-refractivity contribution in [3.63, 3.8) is 0 Å². The van der Waals surface area contributed by atoms with Crippen molar-refractivity contribution in [2.24, 2.45) is 0 Å². The van der Waals surface area contributed by atoms with Crippen molar-refractivity contribution in [3.05, 3.63) is 95.7 Å². The van der Waals surface area contributed by atoms with E-state index in [0.717, 1.165) is 39.4 Å². The Morgan fingerprint density at radius 1 is 0.971 bits per heavy atom. The zero-order chi connectivity index (χ0) is 23.3. The number of nitrogens with zero attached hydrogens (tertiary/aromatic N) is 3. The maximum absolute atomic E-state index is 6.48. The summed E-state index contributed by atoms with van der Waals surface area (Å²) in [5.74, 6) is 2.93. The van der Waals surface area contributed by atoms with Gasteiger partial charge in [-0.05, 0) is 67.7 Å². The van der Waals surface area contributed by atoms with Crippen LogP contribution in [0.25, 0.3) is 22.2 Å². The molecule has 0 spiro atoms. The molecule has 0 radical (unpaired) electrons. The molecule has 0 bridgehead atoms. The van der Waals surface area contributed by atoms with E-state index in [-0.39, 0.29) is 0 Å². The van der Waals surface area contributed by atoms with E-state index in [1.165, 1.54) is 6.33 Å². The summed E-state index contributed by atoms with van der Waals surface area (Å²) in [6.07, 6.45) is 3.27. The number of fused-ring (bicyclic) bond motifs is 1. The van der Waals surface area contributed by atoms with Gasteiger partial charge in [0, 0.05) is 22.8 Å². The number of ether oxygens (including phenoxy) is 1. The van der Waals surface area contributed by atoms with Gasteiger partial charge in [0.05, 0.1) is 22.8 Å². The number of hydrogen-bond acceptors (Lipinski definition) is 7. The molecule has 0 aliphatic carbocycles. The molecule has 0 unspecified atom stereocenters. The lowest BCUT2D eigenvalue weighted by Crippen LogP contribution is -2.03. The molecule has 0 aliphatic rings. The Hall–Kier alpha value is -3.94. The first kappa shape index (κ1) is 21.9. The van der Waals surface area contributed by atoms with E-state index in [1.54, 1.807) is 6.20 Å². The number of pyridine rings is 1. The lowest BCUT2D eigenvalue weighted by molar-refractivity contribution is 0.301. The SMILES string of the molecule is CNCc1ccc(-c2ccc3ncnc(Nc4ccc(OCc5ccccn5)c(Cl)c4)c3c2)o1. The fourth-order valence-electron chi connectivity index (χ4n) is 3.58. The van der Waals surface area contributed by atoms with Crippen molar-refractivity contribution >= 4 is 34.0 Å². The standard InChI is InChI=1S/C26H22ClN5O2/c1-28-14-20-7-10-24(34-20)17-5-8-23-21(12-17)26(31-16-30-23)32-18-6-9-25(22(27)13-18)33-15-19-4-2-3-11-29-19/h2-13,16,28H,14-15H2,1H3,(H,30,31,32). The minimum Gasteiger partial charge on any atom is -0.486 e. The number of anilines is 2. The van der Waals surface area contributed by atoms with Crippen LogP contribution in [-0.2, 0) is 13.2 Å². The molecule has 2 aromatic carbocycles. The second kappa shape index (κ2) is 9.91. The van der Waals surface area contributed by atoms with Gasteiger partial charge in [-0.1, -0.05) is 17.7 Å². The van der Waals surface area contributed by atoms with Gasteiger partial charge in [-0.2, -0.15) is 0 Å². The highest BCUT2D eigenvalue weighted by molar-refractivity contribution is 6.32. The number of aromatic nitrogens is 3. The Morgan fingerprint density at radius 2 is 1.91 bits per heavy atom. The molecule has 0 saturated heterocycles. The average molecular weight is 472 g/mol. The van der Waals surface area contributed by atoms with Gasteiger partial charge >= 0.3 is 0 Å². The lowest BCUT2D eigenvalue weighted by Gasteiger charge is -2.12. The molecule has 0 saturated carbocycles. The van der Waals surface area contributed by atoms with Gasteiger partial charge in [-0.3, -0.25) is 4.98 Å². The van der Waals surface area contributed by atoms with Crippen molar-refractivity contribution in [1.29, 1.82) is 0 Å². The number of rotatable bonds is 8. The Labute approximate surface area is 201 Å². The molecule has 5 rings (SSSR count). The topological polar surface area (TPSA) is 85.1 Å². The number of hydrogen-bond donors (Lipinski definition) is 2. The monoisotopic (exact) mass is 471 g/mol. The van der Waals surface area contributed by atoms with E-state index < -0.39 is 0 Å². The second-order valence-corrected chi connectivity index (χ2v) is 8.04. The molecule has 3 aromatic heterocycles. The molecule has 0 fully saturated rings. The summed E-state index contributed by atoms with van der Waals surface area (Å²) in [4.78, 5) is 13.1. The summed E-state index contributed by atoms with van der Waals surface area (Å²) in [7, 11) is 1.89. The Kier molecular flexibility index (Phi) is 6.38. The summed E-state index contributed by atoms with van der Waals surface area (Å²) in [5, 5.41) is 7.81. The number of nitrogens with one attached hydrogen (secondary N) is 2. The molecule has 3 heterocycles. The molecular weight excluding hydrogens is 450 g/mol. The van der Waals surface area contributed by atoms with Crippen LogP contribution in [0, 0.1) is 0 Å². The van der Waals surface area contributed by atoms with E-state index in [1.807, 2.05) is 73.8 Å². The first-order chi connectivity index (χ1) is 16.7. The predicted molar refractivity (Wildman–Crippen MR) is 133 cm³/mol. The molecular formula is C26H22ClN5O2. The van der Waals surface area contributed by atoms with Crippen LogP contribution in [0.1, 0.15) is 11.5 Å². The smallest absolute Gasteiger partial charge is 0.141 e. The molecule has 7 nitrogen and oxygen atoms in total. The van der Waals surface area contributed by atoms with Crippen LogP contribution < -0.4 is 15.4 Å². The summed E-state index contributed by atoms with van der Waals surface area (Å²) in [6.45, 7) is 1.02. The number of halogens is 1. The third-order valence-electron chi connectivity index (χ3n) is 5.23. The maximum atomic E-state index is 6.48. The molecule has 0 amide bonds. The van der Waals surface area contributed by atoms with E-state index in [9.17, 15) is 0 Å². The fourth-order valence-corrected chi connectivity index (χ4v) is 3.81. The zero-order valence-corrected chi connectivity index (χ0v) is 19.2. The van der Waals surface area contributed by atoms with Crippen LogP contribution in [0.4, 0.5) is 11.5 Å². The van der Waals surface area contributed by atoms with Crippen LogP contribution in [-0.4, -0.2) is 22.0 Å². The van der Waals surface area contributed by atoms with Gasteiger partial charge in [0.25, 0.3) is 0 Å². The van der Waals surface area contributed by atoms with Gasteiger partial charge in [0.1, 0.15) is 36.0 Å². The van der Waals surface area contributed by atoms with E-state index in [0.29, 0.717) is 29.7 Å². The highest BCUT2D eigenvalue weighted by Crippen LogP contribution is 2.32. The van der Waals surface area contributed by atoms with Crippen LogP contribution >= 0.6 is 11.6 Å². The summed E-state index contributed by atoms with van der Waals surface area (Å²) >= 11 is 6.48. The van der Waals surface area contributed by atoms with Crippen molar-refractivity contribution in [2.45, 2.75) is 13.2 Å². The lowest BCUT2D eigenvalue weighted by atomic mass is 10.1. The minimum absolute atomic E-state index is 0.343. The largest absolute Gasteiger partial charge is 0.486 e. The summed E-state index contributed by atoms with van der Waals surface area (Å²) in [5.41, 5.74) is 3.39. The van der Waals surface area contributed by atoms with E-state index in [4.69, 9.17) is 20.8 Å². The highest BCUT2D eigenvalue weighted by atomic mass is 35.5. The Bertz CT molecular complexity index is 1420. The normalized spacial score (nSPS) is 11.0. The number of benzene rings is 2. The van der Waals surface area contributed by atoms with Gasteiger partial charge in [0.2, 0.25) is 0 Å². The van der Waals surface area contributed by atoms with Gasteiger partial charge in [-0.15, -0.1) is 0 Å². The van der Waals surface area contributed by atoms with Gasteiger partial charge < -0.3 is 19.8 Å². The molecule has 8 heteroatoms. The Morgan fingerprint density at radius 3 is 2.74 bits per heavy atom. The molecule has 5 aromatic rings. The maximum Gasteiger partial charge on any atom is 0.141 e. The Balaban J connectivity index is 1.38. The van der Waals surface area contributed by atoms with Crippen LogP contribution in [0.2, 0.25) is 5.02 Å². The van der Waals surface area contributed by atoms with Gasteiger partial charge in [-0.25, -0.2) is 9.97 Å². The summed E-state index contributed by atoms with van der Waals surface area (Å²) in [6, 6.07) is 21.1. The first-order valence-electron chi connectivity index (χ1n) is 10.8. The fraction of sp³-hybridized carbons (Fsp3) is 0.115. The van der Waals surface area contributed by atoms with Crippen molar-refractivity contribution < 1.29 is 9.15 Å². The molecule has 0 atom stereocenters. The summed E-state index contributed by atoms with van der Waals surface area (Å²) < 4.78 is 11.8. The average Bonchev–Trinajstić information content (AvgIpc) is 3.33. The molecule has 34 heavy (non-hydrogen) atoms. The van der Waals surface area contributed by atoms with E-state index in [2.05, 4.69) is 25.6 Å².